The molecule has 1 aliphatic carbocycles. The van der Waals surface area contributed by atoms with E-state index in [9.17, 15) is 4.79 Å². The number of hydrogen-bond acceptors (Lipinski definition) is 3. The van der Waals surface area contributed by atoms with Crippen molar-refractivity contribution in [2.75, 3.05) is 13.1 Å². The Hall–Kier alpha value is -0.770. The standard InChI is InChI=1S/C16H30N2O2/c1-16(2,3)20-15(19)18-11-12-8-9-17-14(10-12)13-6-4-5-7-13/h12-14,17H,4-11H2,1-3H3,(H,18,19). The summed E-state index contributed by atoms with van der Waals surface area (Å²) >= 11 is 0. The monoisotopic (exact) mass is 282 g/mol. The molecule has 2 unspecified atom stereocenters. The second-order valence-electron chi connectivity index (χ2n) is 7.38. The van der Waals surface area contributed by atoms with E-state index in [1.807, 2.05) is 20.8 Å². The largest absolute Gasteiger partial charge is 0.444 e. The molecule has 2 atom stereocenters. The Kier molecular flexibility index (Phi) is 5.30. The van der Waals surface area contributed by atoms with Gasteiger partial charge in [-0.25, -0.2) is 4.79 Å². The maximum Gasteiger partial charge on any atom is 0.407 e. The van der Waals surface area contributed by atoms with Gasteiger partial charge in [-0.1, -0.05) is 12.8 Å². The number of carbonyl (C=O) groups excluding carboxylic acids is 1. The van der Waals surface area contributed by atoms with Gasteiger partial charge in [0.1, 0.15) is 5.60 Å². The van der Waals surface area contributed by atoms with E-state index in [-0.39, 0.29) is 6.09 Å². The molecular weight excluding hydrogens is 252 g/mol. The fourth-order valence-corrected chi connectivity index (χ4v) is 3.48. The number of alkyl carbamates (subject to hydrolysis) is 1. The van der Waals surface area contributed by atoms with Gasteiger partial charge in [0.05, 0.1) is 0 Å². The molecule has 0 aromatic carbocycles. The van der Waals surface area contributed by atoms with Gasteiger partial charge in [0.25, 0.3) is 0 Å². The highest BCUT2D eigenvalue weighted by atomic mass is 16.6. The van der Waals surface area contributed by atoms with E-state index in [2.05, 4.69) is 10.6 Å². The molecule has 0 bridgehead atoms. The van der Waals surface area contributed by atoms with Crippen molar-refractivity contribution in [1.29, 1.82) is 0 Å². The normalized spacial score (nSPS) is 28.4. The highest BCUT2D eigenvalue weighted by Gasteiger charge is 2.30. The van der Waals surface area contributed by atoms with Crippen LogP contribution in [-0.2, 0) is 4.74 Å². The minimum Gasteiger partial charge on any atom is -0.444 e. The molecule has 4 nitrogen and oxygen atoms in total. The molecule has 1 heterocycles. The third kappa shape index (κ3) is 4.97. The van der Waals surface area contributed by atoms with E-state index in [1.54, 1.807) is 0 Å². The van der Waals surface area contributed by atoms with Gasteiger partial charge in [0.2, 0.25) is 0 Å². The molecule has 2 aliphatic rings. The number of rotatable bonds is 3. The molecule has 1 aliphatic heterocycles. The van der Waals surface area contributed by atoms with Gasteiger partial charge in [-0.2, -0.15) is 0 Å². The summed E-state index contributed by atoms with van der Waals surface area (Å²) in [4.78, 5) is 11.7. The second-order valence-corrected chi connectivity index (χ2v) is 7.38. The minimum atomic E-state index is -0.412. The molecule has 0 spiro atoms. The number of carbonyl (C=O) groups is 1. The number of nitrogens with one attached hydrogen (secondary N) is 2. The van der Waals surface area contributed by atoms with Crippen LogP contribution in [0.3, 0.4) is 0 Å². The van der Waals surface area contributed by atoms with Crippen LogP contribution in [0.1, 0.15) is 59.3 Å². The fourth-order valence-electron chi connectivity index (χ4n) is 3.48. The molecule has 2 fully saturated rings. The molecule has 1 saturated carbocycles. The first kappa shape index (κ1) is 15.6. The summed E-state index contributed by atoms with van der Waals surface area (Å²) in [7, 11) is 0. The molecule has 1 amide bonds. The zero-order valence-corrected chi connectivity index (χ0v) is 13.2. The quantitative estimate of drug-likeness (QED) is 0.836. The lowest BCUT2D eigenvalue weighted by molar-refractivity contribution is 0.0512. The van der Waals surface area contributed by atoms with E-state index in [4.69, 9.17) is 4.74 Å². The summed E-state index contributed by atoms with van der Waals surface area (Å²) in [6.07, 6.45) is 7.61. The summed E-state index contributed by atoms with van der Waals surface area (Å²) < 4.78 is 5.29. The number of hydrogen-bond donors (Lipinski definition) is 2. The van der Waals surface area contributed by atoms with Gasteiger partial charge >= 0.3 is 6.09 Å². The minimum absolute atomic E-state index is 0.284. The molecule has 0 aromatic rings. The van der Waals surface area contributed by atoms with E-state index < -0.39 is 5.60 Å². The summed E-state index contributed by atoms with van der Waals surface area (Å²) in [5.74, 6) is 1.45. The van der Waals surface area contributed by atoms with Crippen molar-refractivity contribution in [3.8, 4) is 0 Å². The third-order valence-corrected chi connectivity index (χ3v) is 4.45. The third-order valence-electron chi connectivity index (χ3n) is 4.45. The van der Waals surface area contributed by atoms with Crippen LogP contribution in [0.15, 0.2) is 0 Å². The topological polar surface area (TPSA) is 50.4 Å². The fraction of sp³-hybridized carbons (Fsp3) is 0.938. The van der Waals surface area contributed by atoms with Crippen LogP contribution in [0.2, 0.25) is 0 Å². The van der Waals surface area contributed by atoms with Crippen molar-refractivity contribution >= 4 is 6.09 Å². The van der Waals surface area contributed by atoms with Crippen LogP contribution in [0.4, 0.5) is 4.79 Å². The van der Waals surface area contributed by atoms with Gasteiger partial charge in [-0.05, 0) is 64.8 Å². The van der Waals surface area contributed by atoms with Gasteiger partial charge in [-0.15, -0.1) is 0 Å². The number of amides is 1. The van der Waals surface area contributed by atoms with Gasteiger partial charge < -0.3 is 15.4 Å². The average Bonchev–Trinajstić information content (AvgIpc) is 2.88. The molecule has 2 rings (SSSR count). The lowest BCUT2D eigenvalue weighted by Crippen LogP contribution is -2.45. The predicted molar refractivity (Wildman–Crippen MR) is 80.7 cm³/mol. The van der Waals surface area contributed by atoms with Crippen LogP contribution in [-0.4, -0.2) is 30.8 Å². The summed E-state index contributed by atoms with van der Waals surface area (Å²) in [6, 6.07) is 0.664. The van der Waals surface area contributed by atoms with Crippen LogP contribution >= 0.6 is 0 Å². The zero-order chi connectivity index (χ0) is 14.6. The van der Waals surface area contributed by atoms with Crippen LogP contribution in [0.25, 0.3) is 0 Å². The van der Waals surface area contributed by atoms with Crippen LogP contribution in [0.5, 0.6) is 0 Å². The molecule has 4 heteroatoms. The summed E-state index contributed by atoms with van der Waals surface area (Å²) in [5, 5.41) is 6.60. The average molecular weight is 282 g/mol. The van der Waals surface area contributed by atoms with Crippen molar-refractivity contribution in [3.05, 3.63) is 0 Å². The molecule has 0 aromatic heterocycles. The van der Waals surface area contributed by atoms with E-state index in [1.165, 1.54) is 32.1 Å². The maximum atomic E-state index is 11.7. The molecule has 116 valence electrons. The zero-order valence-electron chi connectivity index (χ0n) is 13.2. The second kappa shape index (κ2) is 6.79. The first-order valence-electron chi connectivity index (χ1n) is 8.14. The first-order chi connectivity index (χ1) is 9.44. The molecule has 1 saturated heterocycles. The van der Waals surface area contributed by atoms with Crippen molar-refractivity contribution in [2.24, 2.45) is 11.8 Å². The highest BCUT2D eigenvalue weighted by molar-refractivity contribution is 5.67. The number of piperidine rings is 1. The molecule has 2 N–H and O–H groups in total. The molecular formula is C16H30N2O2. The Morgan fingerprint density at radius 3 is 2.60 bits per heavy atom. The summed E-state index contributed by atoms with van der Waals surface area (Å²) in [6.45, 7) is 7.52. The lowest BCUT2D eigenvalue weighted by Gasteiger charge is -2.34. The SMILES string of the molecule is CC(C)(C)OC(=O)NCC1CCNC(C2CCCC2)C1. The van der Waals surface area contributed by atoms with Crippen molar-refractivity contribution in [1.82, 2.24) is 10.6 Å². The van der Waals surface area contributed by atoms with Crippen molar-refractivity contribution in [2.45, 2.75) is 70.9 Å². The Bertz CT molecular complexity index is 319. The molecule has 0 radical (unpaired) electrons. The van der Waals surface area contributed by atoms with E-state index >= 15 is 0 Å². The Morgan fingerprint density at radius 2 is 1.95 bits per heavy atom. The van der Waals surface area contributed by atoms with Crippen molar-refractivity contribution < 1.29 is 9.53 Å². The Labute approximate surface area is 123 Å². The van der Waals surface area contributed by atoms with Crippen LogP contribution < -0.4 is 10.6 Å². The Morgan fingerprint density at radius 1 is 1.25 bits per heavy atom. The van der Waals surface area contributed by atoms with Gasteiger partial charge in [-0.3, -0.25) is 0 Å². The van der Waals surface area contributed by atoms with Gasteiger partial charge in [0.15, 0.2) is 0 Å². The maximum absolute atomic E-state index is 11.7. The first-order valence-corrected chi connectivity index (χ1v) is 8.14. The number of ether oxygens (including phenoxy) is 1. The smallest absolute Gasteiger partial charge is 0.407 e. The van der Waals surface area contributed by atoms with Crippen molar-refractivity contribution in [3.63, 3.8) is 0 Å². The Balaban J connectivity index is 1.71. The van der Waals surface area contributed by atoms with E-state index in [0.29, 0.717) is 12.0 Å². The molecule has 20 heavy (non-hydrogen) atoms. The predicted octanol–water partition coefficient (Wildman–Crippen LogP) is 3.07. The van der Waals surface area contributed by atoms with Crippen LogP contribution in [0, 0.1) is 11.8 Å². The lowest BCUT2D eigenvalue weighted by atomic mass is 9.85. The van der Waals surface area contributed by atoms with E-state index in [0.717, 1.165) is 25.4 Å². The summed E-state index contributed by atoms with van der Waals surface area (Å²) in [5.41, 5.74) is -0.412. The highest BCUT2D eigenvalue weighted by Crippen LogP contribution is 2.32. The van der Waals surface area contributed by atoms with Gasteiger partial charge in [0, 0.05) is 12.6 Å².